The molecular formula is C29H33N9O2. The number of fused-ring (bicyclic) bond motifs is 4. The molecular weight excluding hydrogens is 506 g/mol. The average Bonchev–Trinajstić information content (AvgIpc) is 3.67. The molecule has 6 rings (SSSR count). The number of hydrazone groups is 1. The fourth-order valence-electron chi connectivity index (χ4n) is 6.85. The summed E-state index contributed by atoms with van der Waals surface area (Å²) in [5.74, 6) is 2.00. The van der Waals surface area contributed by atoms with Crippen LogP contribution in [-0.2, 0) is 18.3 Å². The topological polar surface area (TPSA) is 162 Å². The molecule has 0 saturated carbocycles. The summed E-state index contributed by atoms with van der Waals surface area (Å²) in [4.78, 5) is 11.8. The van der Waals surface area contributed by atoms with Crippen molar-refractivity contribution in [1.82, 2.24) is 20.0 Å². The Balaban J connectivity index is 1.41. The van der Waals surface area contributed by atoms with E-state index in [2.05, 4.69) is 45.6 Å². The molecule has 3 heterocycles. The number of benzene rings is 1. The third-order valence-electron chi connectivity index (χ3n) is 8.66. The minimum absolute atomic E-state index is 0.0764. The number of hydrogen-bond donors (Lipinski definition) is 3. The van der Waals surface area contributed by atoms with E-state index in [4.69, 9.17) is 25.4 Å². The summed E-state index contributed by atoms with van der Waals surface area (Å²) in [5.41, 5.74) is 13.4. The first-order chi connectivity index (χ1) is 19.4. The van der Waals surface area contributed by atoms with E-state index >= 15 is 0 Å². The number of nitrogen functional groups attached to an aromatic ring is 1. The molecule has 0 radical (unpaired) electrons. The number of nitrogens with zero attached hydrogens (tertiary/aromatic N) is 6. The Bertz CT molecular complexity index is 1520. The summed E-state index contributed by atoms with van der Waals surface area (Å²) in [5, 5.41) is 25.8. The standard InChI is InChI=1S/C29H33N9O2/c1-17(22-6-4-14-38(22)2)39-24-15-23(36-33-13-12-30)34-28(35-24)26-19-5-3-10-29(27(19)40-37-26)11-9-18-7-8-21(32)20(16-31)25(18)29/h7-8,12-13,15,17,22,30H,3-6,9-11,14,32H2,1-2H3,(H,34,35,36)/b30-12?,33-13-. The Morgan fingerprint density at radius 3 is 2.98 bits per heavy atom. The predicted molar refractivity (Wildman–Crippen MR) is 152 cm³/mol. The van der Waals surface area contributed by atoms with Crippen LogP contribution in [0.25, 0.3) is 11.5 Å². The summed E-state index contributed by atoms with van der Waals surface area (Å²) in [6.07, 6.45) is 8.78. The average molecular weight is 540 g/mol. The van der Waals surface area contributed by atoms with Gasteiger partial charge in [-0.15, -0.1) is 0 Å². The van der Waals surface area contributed by atoms with Crippen LogP contribution in [0.15, 0.2) is 27.8 Å². The van der Waals surface area contributed by atoms with Crippen LogP contribution in [0.5, 0.6) is 5.88 Å². The Morgan fingerprint density at radius 2 is 2.20 bits per heavy atom. The quantitative estimate of drug-likeness (QED) is 0.228. The normalized spacial score (nSPS) is 22.7. The van der Waals surface area contributed by atoms with Gasteiger partial charge in [-0.25, -0.2) is 4.98 Å². The van der Waals surface area contributed by atoms with Crippen molar-refractivity contribution < 1.29 is 9.26 Å². The largest absolute Gasteiger partial charge is 0.473 e. The van der Waals surface area contributed by atoms with Gasteiger partial charge in [-0.05, 0) is 82.7 Å². The van der Waals surface area contributed by atoms with E-state index < -0.39 is 5.41 Å². The van der Waals surface area contributed by atoms with Gasteiger partial charge < -0.3 is 20.4 Å². The zero-order chi connectivity index (χ0) is 27.9. The molecule has 1 spiro atoms. The number of nitriles is 1. The Hall–Kier alpha value is -4.30. The molecule has 11 nitrogen and oxygen atoms in total. The van der Waals surface area contributed by atoms with Gasteiger partial charge in [0.05, 0.1) is 17.2 Å². The summed E-state index contributed by atoms with van der Waals surface area (Å²) >= 11 is 0. The van der Waals surface area contributed by atoms with E-state index in [1.54, 1.807) is 6.07 Å². The van der Waals surface area contributed by atoms with E-state index in [1.807, 2.05) is 12.1 Å². The van der Waals surface area contributed by atoms with Gasteiger partial charge >= 0.3 is 0 Å². The van der Waals surface area contributed by atoms with Crippen LogP contribution < -0.4 is 15.9 Å². The van der Waals surface area contributed by atoms with Crippen LogP contribution >= 0.6 is 0 Å². The summed E-state index contributed by atoms with van der Waals surface area (Å²) in [7, 11) is 2.12. The van der Waals surface area contributed by atoms with E-state index in [0.29, 0.717) is 40.5 Å². The fraction of sp³-hybridized carbons (Fsp3) is 0.448. The van der Waals surface area contributed by atoms with Crippen molar-refractivity contribution in [3.05, 3.63) is 46.2 Å². The van der Waals surface area contributed by atoms with E-state index in [0.717, 1.165) is 80.2 Å². The lowest BCUT2D eigenvalue weighted by atomic mass is 9.68. The van der Waals surface area contributed by atoms with Gasteiger partial charge in [0, 0.05) is 29.6 Å². The second-order valence-corrected chi connectivity index (χ2v) is 10.9. The van der Waals surface area contributed by atoms with E-state index in [9.17, 15) is 5.26 Å². The van der Waals surface area contributed by atoms with Gasteiger partial charge in [0.2, 0.25) is 5.88 Å². The van der Waals surface area contributed by atoms with Gasteiger partial charge in [-0.3, -0.25) is 10.3 Å². The van der Waals surface area contributed by atoms with Gasteiger partial charge in [-0.2, -0.15) is 15.3 Å². The van der Waals surface area contributed by atoms with Gasteiger partial charge in [0.15, 0.2) is 23.1 Å². The zero-order valence-corrected chi connectivity index (χ0v) is 22.8. The molecule has 0 amide bonds. The summed E-state index contributed by atoms with van der Waals surface area (Å²) < 4.78 is 12.5. The second kappa shape index (κ2) is 10.4. The summed E-state index contributed by atoms with van der Waals surface area (Å²) in [6, 6.07) is 8.22. The number of likely N-dealkylation sites (tertiary alicyclic amines) is 1. The highest BCUT2D eigenvalue weighted by Gasteiger charge is 2.49. The number of hydrogen-bond acceptors (Lipinski definition) is 11. The maximum absolute atomic E-state index is 10.00. The molecule has 1 aromatic carbocycles. The van der Waals surface area contributed by atoms with Crippen molar-refractivity contribution in [2.24, 2.45) is 5.10 Å². The minimum atomic E-state index is -0.445. The lowest BCUT2D eigenvalue weighted by molar-refractivity contribution is 0.117. The molecule has 1 aliphatic heterocycles. The monoisotopic (exact) mass is 539 g/mol. The second-order valence-electron chi connectivity index (χ2n) is 10.9. The molecule has 206 valence electrons. The van der Waals surface area contributed by atoms with Crippen LogP contribution in [0.1, 0.15) is 67.0 Å². The Morgan fingerprint density at radius 1 is 1.32 bits per heavy atom. The highest BCUT2D eigenvalue weighted by molar-refractivity contribution is 6.14. The molecule has 2 aromatic heterocycles. The number of nitrogens with two attached hydrogens (primary N) is 1. The predicted octanol–water partition coefficient (Wildman–Crippen LogP) is 4.06. The number of aromatic nitrogens is 3. The number of aryl methyl sites for hydroxylation is 1. The summed E-state index contributed by atoms with van der Waals surface area (Å²) in [6.45, 7) is 3.11. The smallest absolute Gasteiger partial charge is 0.219 e. The van der Waals surface area contributed by atoms with Crippen molar-refractivity contribution in [3.8, 4) is 23.5 Å². The number of likely N-dealkylation sites (N-methyl/N-ethyl adjacent to an activating group) is 1. The third-order valence-corrected chi connectivity index (χ3v) is 8.66. The van der Waals surface area contributed by atoms with Crippen LogP contribution in [0.2, 0.25) is 0 Å². The minimum Gasteiger partial charge on any atom is -0.473 e. The van der Waals surface area contributed by atoms with Crippen molar-refractivity contribution in [3.63, 3.8) is 0 Å². The Kier molecular flexibility index (Phi) is 6.72. The fourth-order valence-corrected chi connectivity index (χ4v) is 6.85. The first-order valence-corrected chi connectivity index (χ1v) is 13.8. The molecule has 3 aromatic rings. The molecule has 4 N–H and O–H groups in total. The Labute approximate surface area is 232 Å². The first kappa shape index (κ1) is 26.0. The van der Waals surface area contributed by atoms with Crippen LogP contribution in [0, 0.1) is 16.7 Å². The highest BCUT2D eigenvalue weighted by Crippen LogP contribution is 2.54. The van der Waals surface area contributed by atoms with Crippen molar-refractivity contribution in [2.75, 3.05) is 24.8 Å². The zero-order valence-electron chi connectivity index (χ0n) is 22.8. The molecule has 11 heteroatoms. The number of rotatable bonds is 7. The van der Waals surface area contributed by atoms with Crippen molar-refractivity contribution in [2.45, 2.75) is 69.4 Å². The highest BCUT2D eigenvalue weighted by atomic mass is 16.5. The molecule has 3 unspecified atom stereocenters. The van der Waals surface area contributed by atoms with Crippen LogP contribution in [0.3, 0.4) is 0 Å². The lowest BCUT2D eigenvalue weighted by Gasteiger charge is -2.33. The van der Waals surface area contributed by atoms with Gasteiger partial charge in [0.1, 0.15) is 12.2 Å². The number of anilines is 2. The van der Waals surface area contributed by atoms with Gasteiger partial charge in [-0.1, -0.05) is 11.2 Å². The number of nitrogens with one attached hydrogen (secondary N) is 2. The first-order valence-electron chi connectivity index (χ1n) is 13.8. The third kappa shape index (κ3) is 4.29. The maximum Gasteiger partial charge on any atom is 0.219 e. The molecule has 3 atom stereocenters. The molecule has 1 fully saturated rings. The van der Waals surface area contributed by atoms with Crippen LogP contribution in [0.4, 0.5) is 11.5 Å². The van der Waals surface area contributed by atoms with E-state index in [1.165, 1.54) is 6.21 Å². The number of ether oxygens (including phenoxy) is 1. The molecule has 0 bridgehead atoms. The molecule has 2 aliphatic carbocycles. The molecule has 3 aliphatic rings. The van der Waals surface area contributed by atoms with E-state index in [-0.39, 0.29) is 6.10 Å². The molecule has 40 heavy (non-hydrogen) atoms. The van der Waals surface area contributed by atoms with Gasteiger partial charge in [0.25, 0.3) is 0 Å². The maximum atomic E-state index is 10.00. The van der Waals surface area contributed by atoms with Crippen molar-refractivity contribution >= 4 is 23.9 Å². The lowest BCUT2D eigenvalue weighted by Crippen LogP contribution is -2.38. The van der Waals surface area contributed by atoms with Crippen molar-refractivity contribution in [1.29, 1.82) is 10.7 Å². The SMILES string of the molecule is CC(Oc1cc(N/N=C\C=N)nc(-c2noc3c2CCCC32CCc3ccc(N)c(C#N)c32)n1)C1CCCN1C. The van der Waals surface area contributed by atoms with Crippen LogP contribution in [-0.4, -0.2) is 58.2 Å². The molecule has 1 saturated heterocycles.